The predicted octanol–water partition coefficient (Wildman–Crippen LogP) is 18.3. The maximum atomic E-state index is 10.6. The van der Waals surface area contributed by atoms with Gasteiger partial charge in [-0.05, 0) is 74.0 Å². The van der Waals surface area contributed by atoms with Crippen molar-refractivity contribution in [1.82, 2.24) is 0 Å². The summed E-state index contributed by atoms with van der Waals surface area (Å²) < 4.78 is 20.8. The molecule has 3 atom stereocenters. The van der Waals surface area contributed by atoms with Crippen molar-refractivity contribution in [2.45, 2.75) is 279 Å². The number of benzene rings is 1. The molecule has 4 nitrogen and oxygen atoms in total. The molecule has 4 heteroatoms. The second-order valence-electron chi connectivity index (χ2n) is 18.8. The maximum absolute atomic E-state index is 10.6. The Kier molecular flexibility index (Phi) is 39.5. The molecule has 0 fully saturated rings. The lowest BCUT2D eigenvalue weighted by molar-refractivity contribution is 0.173. The quantitative estimate of drug-likeness (QED) is 0.0665. The van der Waals surface area contributed by atoms with Crippen LogP contribution in [0.25, 0.3) is 0 Å². The van der Waals surface area contributed by atoms with Crippen LogP contribution < -0.4 is 14.2 Å². The molecule has 1 N–H and O–H groups in total. The third-order valence-electron chi connectivity index (χ3n) is 13.0. The van der Waals surface area contributed by atoms with Gasteiger partial charge in [0.2, 0.25) is 5.75 Å². The summed E-state index contributed by atoms with van der Waals surface area (Å²) in [4.78, 5) is 0. The summed E-state index contributed by atoms with van der Waals surface area (Å²) in [6.07, 6.45) is 46.9. The second kappa shape index (κ2) is 41.9. The highest BCUT2D eigenvalue weighted by atomic mass is 16.5. The lowest BCUT2D eigenvalue weighted by Gasteiger charge is -2.25. The molecule has 0 aliphatic carbocycles. The van der Waals surface area contributed by atoms with Crippen molar-refractivity contribution in [2.24, 2.45) is 17.8 Å². The zero-order chi connectivity index (χ0) is 42.9. The standard InChI is InChI=1S/C55H104O4/c1-7-13-19-25-28-34-40-49(37-31-22-16-10-4)46-57-53-43-52(45-56)44-54(58-47-50(38-32-23-17-11-5)41-35-29-26-20-14-8-2)55(53)59-48-51(39-33-24-18-12-6)42-36-30-27-21-15-9-3/h43-44,49-51,56H,7-42,45-48H2,1-6H3. The fourth-order valence-corrected chi connectivity index (χ4v) is 8.85. The van der Waals surface area contributed by atoms with Crippen molar-refractivity contribution < 1.29 is 19.3 Å². The maximum Gasteiger partial charge on any atom is 0.203 e. The van der Waals surface area contributed by atoms with Gasteiger partial charge in [0.05, 0.1) is 26.4 Å². The Hall–Kier alpha value is -1.42. The van der Waals surface area contributed by atoms with Crippen LogP contribution in [0.3, 0.4) is 0 Å². The van der Waals surface area contributed by atoms with Crippen molar-refractivity contribution in [3.05, 3.63) is 17.7 Å². The Morgan fingerprint density at radius 1 is 0.339 bits per heavy atom. The SMILES string of the molecule is CCCCCCCCC(CCCCCC)COc1cc(CO)cc(OCC(CCCCCC)CCCCCCCC)c1OCC(CCCCCC)CCCCCCCC. The van der Waals surface area contributed by atoms with Crippen LogP contribution in [0.15, 0.2) is 12.1 Å². The average Bonchev–Trinajstić information content (AvgIpc) is 3.25. The van der Waals surface area contributed by atoms with Crippen molar-refractivity contribution in [3.63, 3.8) is 0 Å². The fraction of sp³-hybridized carbons (Fsp3) is 0.891. The largest absolute Gasteiger partial charge is 0.489 e. The summed E-state index contributed by atoms with van der Waals surface area (Å²) >= 11 is 0. The first kappa shape index (κ1) is 55.6. The molecule has 1 aromatic rings. The highest BCUT2D eigenvalue weighted by Gasteiger charge is 2.21. The monoisotopic (exact) mass is 829 g/mol. The molecule has 1 aromatic carbocycles. The first-order valence-electron chi connectivity index (χ1n) is 26.7. The van der Waals surface area contributed by atoms with Gasteiger partial charge in [0.25, 0.3) is 0 Å². The van der Waals surface area contributed by atoms with E-state index in [0.717, 1.165) is 22.8 Å². The van der Waals surface area contributed by atoms with E-state index in [2.05, 4.69) is 53.7 Å². The number of hydrogen-bond donors (Lipinski definition) is 1. The van der Waals surface area contributed by atoms with Crippen molar-refractivity contribution >= 4 is 0 Å². The second-order valence-corrected chi connectivity index (χ2v) is 18.8. The Balaban J connectivity index is 3.36. The van der Waals surface area contributed by atoms with E-state index >= 15 is 0 Å². The van der Waals surface area contributed by atoms with E-state index in [4.69, 9.17) is 14.2 Å². The van der Waals surface area contributed by atoms with E-state index in [1.54, 1.807) is 0 Å². The summed E-state index contributed by atoms with van der Waals surface area (Å²) in [5.41, 5.74) is 0.858. The summed E-state index contributed by atoms with van der Waals surface area (Å²) in [5, 5.41) is 10.6. The molecular formula is C55H104O4. The molecule has 0 aliphatic heterocycles. The molecular weight excluding hydrogens is 725 g/mol. The van der Waals surface area contributed by atoms with Crippen molar-refractivity contribution in [2.75, 3.05) is 19.8 Å². The van der Waals surface area contributed by atoms with E-state index < -0.39 is 0 Å². The average molecular weight is 829 g/mol. The first-order valence-corrected chi connectivity index (χ1v) is 26.7. The van der Waals surface area contributed by atoms with Gasteiger partial charge in [-0.2, -0.15) is 0 Å². The summed E-state index contributed by atoms with van der Waals surface area (Å²) in [5.74, 6) is 3.97. The summed E-state index contributed by atoms with van der Waals surface area (Å²) in [6, 6.07) is 4.12. The van der Waals surface area contributed by atoms with Crippen LogP contribution in [-0.2, 0) is 6.61 Å². The van der Waals surface area contributed by atoms with Crippen molar-refractivity contribution in [1.29, 1.82) is 0 Å². The van der Waals surface area contributed by atoms with Gasteiger partial charge in [0.1, 0.15) is 0 Å². The van der Waals surface area contributed by atoms with E-state index in [-0.39, 0.29) is 6.61 Å². The zero-order valence-corrected chi connectivity index (χ0v) is 40.8. The van der Waals surface area contributed by atoms with Gasteiger partial charge in [-0.1, -0.05) is 234 Å². The van der Waals surface area contributed by atoms with E-state index in [9.17, 15) is 5.11 Å². The van der Waals surface area contributed by atoms with Crippen LogP contribution in [-0.4, -0.2) is 24.9 Å². The van der Waals surface area contributed by atoms with Gasteiger partial charge in [-0.25, -0.2) is 0 Å². The third-order valence-corrected chi connectivity index (χ3v) is 13.0. The third kappa shape index (κ3) is 31.1. The molecule has 348 valence electrons. The molecule has 3 unspecified atom stereocenters. The topological polar surface area (TPSA) is 47.9 Å². The lowest BCUT2D eigenvalue weighted by Crippen LogP contribution is -2.17. The van der Waals surface area contributed by atoms with Gasteiger partial charge in [-0.3, -0.25) is 0 Å². The predicted molar refractivity (Wildman–Crippen MR) is 260 cm³/mol. The van der Waals surface area contributed by atoms with Crippen LogP contribution >= 0.6 is 0 Å². The smallest absolute Gasteiger partial charge is 0.203 e. The van der Waals surface area contributed by atoms with Crippen LogP contribution in [0, 0.1) is 17.8 Å². The van der Waals surface area contributed by atoms with Crippen LogP contribution in [0.1, 0.15) is 278 Å². The minimum Gasteiger partial charge on any atom is -0.489 e. The van der Waals surface area contributed by atoms with Crippen molar-refractivity contribution in [3.8, 4) is 17.2 Å². The summed E-state index contributed by atoms with van der Waals surface area (Å²) in [6.45, 7) is 15.9. The molecule has 0 spiro atoms. The molecule has 0 aliphatic rings. The highest BCUT2D eigenvalue weighted by Crippen LogP contribution is 2.41. The van der Waals surface area contributed by atoms with E-state index in [0.29, 0.717) is 37.6 Å². The van der Waals surface area contributed by atoms with Gasteiger partial charge in [0, 0.05) is 0 Å². The van der Waals surface area contributed by atoms with Gasteiger partial charge >= 0.3 is 0 Å². The van der Waals surface area contributed by atoms with Gasteiger partial charge in [-0.15, -0.1) is 0 Å². The van der Waals surface area contributed by atoms with E-state index in [1.807, 2.05) is 0 Å². The molecule has 0 saturated heterocycles. The number of hydrogen-bond acceptors (Lipinski definition) is 4. The van der Waals surface area contributed by atoms with Crippen LogP contribution in [0.2, 0.25) is 0 Å². The molecule has 0 heterocycles. The number of aliphatic hydroxyl groups is 1. The number of unbranched alkanes of at least 4 members (excludes halogenated alkanes) is 24. The number of ether oxygens (including phenoxy) is 3. The molecule has 59 heavy (non-hydrogen) atoms. The Labute approximate surface area is 369 Å². The van der Waals surface area contributed by atoms with Crippen LogP contribution in [0.4, 0.5) is 0 Å². The zero-order valence-electron chi connectivity index (χ0n) is 40.8. The minimum atomic E-state index is -0.0263. The molecule has 0 radical (unpaired) electrons. The molecule has 0 amide bonds. The Morgan fingerprint density at radius 3 is 0.847 bits per heavy atom. The molecule has 0 bridgehead atoms. The van der Waals surface area contributed by atoms with Gasteiger partial charge in [0.15, 0.2) is 11.5 Å². The lowest BCUT2D eigenvalue weighted by atomic mass is 9.94. The molecule has 1 rings (SSSR count). The molecule has 0 aromatic heterocycles. The van der Waals surface area contributed by atoms with Gasteiger partial charge < -0.3 is 19.3 Å². The minimum absolute atomic E-state index is 0.0263. The van der Waals surface area contributed by atoms with E-state index in [1.165, 1.54) is 231 Å². The number of aliphatic hydroxyl groups excluding tert-OH is 1. The fourth-order valence-electron chi connectivity index (χ4n) is 8.85. The Morgan fingerprint density at radius 2 is 0.576 bits per heavy atom. The first-order chi connectivity index (χ1) is 29.1. The number of rotatable bonds is 46. The highest BCUT2D eigenvalue weighted by molar-refractivity contribution is 5.54. The summed E-state index contributed by atoms with van der Waals surface area (Å²) in [7, 11) is 0. The Bertz CT molecular complexity index is 952. The molecule has 0 saturated carbocycles. The van der Waals surface area contributed by atoms with Crippen LogP contribution in [0.5, 0.6) is 17.2 Å². The normalized spacial score (nSPS) is 13.1.